The Morgan fingerprint density at radius 3 is 2.64 bits per heavy atom. The van der Waals surface area contributed by atoms with Crippen molar-refractivity contribution in [3.63, 3.8) is 0 Å². The lowest BCUT2D eigenvalue weighted by Crippen LogP contribution is -2.34. The minimum atomic E-state index is -0.303. The van der Waals surface area contributed by atoms with Crippen molar-refractivity contribution >= 4 is 5.82 Å². The number of fused-ring (bicyclic) bond motifs is 1. The van der Waals surface area contributed by atoms with E-state index < -0.39 is 0 Å². The summed E-state index contributed by atoms with van der Waals surface area (Å²) in [4.78, 5) is 12.7. The Bertz CT molecular complexity index is 1360. The normalized spacial score (nSPS) is 15.2. The van der Waals surface area contributed by atoms with Crippen molar-refractivity contribution in [1.29, 1.82) is 0 Å². The van der Waals surface area contributed by atoms with Crippen LogP contribution in [-0.4, -0.2) is 39.7 Å². The molecule has 0 amide bonds. The SMILES string of the molecule is CNCC1CNc2c(-c3ccc(=O)n(-c4ccccc4C)n3)c(-c3ccc(F)cc3)nn2C1. The number of hydrogen-bond acceptors (Lipinski definition) is 5. The summed E-state index contributed by atoms with van der Waals surface area (Å²) in [6.07, 6.45) is 0. The standard InChI is InChI=1S/C25H25FN6O/c1-16-5-3-4-6-21(16)32-22(33)12-11-20(29-32)23-24(18-7-9-19(26)10-8-18)30-31-15-17(13-27-2)14-28-25(23)31/h3-12,17,27-28H,13-15H2,1-2H3. The van der Waals surface area contributed by atoms with Gasteiger partial charge in [0, 0.05) is 37.2 Å². The number of nitrogens with one attached hydrogen (secondary N) is 2. The highest BCUT2D eigenvalue weighted by Crippen LogP contribution is 2.38. The summed E-state index contributed by atoms with van der Waals surface area (Å²) in [6.45, 7) is 4.35. The number of rotatable bonds is 5. The largest absolute Gasteiger partial charge is 0.369 e. The van der Waals surface area contributed by atoms with E-state index in [0.29, 0.717) is 17.3 Å². The first-order valence-electron chi connectivity index (χ1n) is 11.0. The van der Waals surface area contributed by atoms with Crippen molar-refractivity contribution in [2.24, 2.45) is 5.92 Å². The molecule has 2 aromatic carbocycles. The monoisotopic (exact) mass is 444 g/mol. The lowest BCUT2D eigenvalue weighted by molar-refractivity contribution is 0.403. The van der Waals surface area contributed by atoms with Gasteiger partial charge in [0.05, 0.1) is 16.9 Å². The maximum Gasteiger partial charge on any atom is 0.271 e. The average molecular weight is 445 g/mol. The number of aromatic nitrogens is 4. The first-order chi connectivity index (χ1) is 16.0. The van der Waals surface area contributed by atoms with Crippen LogP contribution in [0.15, 0.2) is 65.5 Å². The average Bonchev–Trinajstić information content (AvgIpc) is 3.19. The Hall–Kier alpha value is -3.78. The molecule has 0 saturated carbocycles. The van der Waals surface area contributed by atoms with Gasteiger partial charge in [-0.15, -0.1) is 0 Å². The van der Waals surface area contributed by atoms with E-state index in [0.717, 1.165) is 47.8 Å². The molecule has 8 heteroatoms. The lowest BCUT2D eigenvalue weighted by Gasteiger charge is -2.25. The van der Waals surface area contributed by atoms with Gasteiger partial charge in [-0.3, -0.25) is 4.79 Å². The number of halogens is 1. The van der Waals surface area contributed by atoms with E-state index in [-0.39, 0.29) is 11.4 Å². The van der Waals surface area contributed by atoms with Gasteiger partial charge >= 0.3 is 0 Å². The molecule has 0 fully saturated rings. The quantitative estimate of drug-likeness (QED) is 0.493. The molecule has 5 rings (SSSR count). The fourth-order valence-electron chi connectivity index (χ4n) is 4.32. The van der Waals surface area contributed by atoms with Gasteiger partial charge in [0.1, 0.15) is 17.3 Å². The van der Waals surface area contributed by atoms with Crippen LogP contribution >= 0.6 is 0 Å². The molecule has 1 unspecified atom stereocenters. The molecule has 3 heterocycles. The van der Waals surface area contributed by atoms with Crippen LogP contribution < -0.4 is 16.2 Å². The van der Waals surface area contributed by atoms with Crippen molar-refractivity contribution in [2.45, 2.75) is 13.5 Å². The smallest absolute Gasteiger partial charge is 0.271 e. The number of hydrogen-bond donors (Lipinski definition) is 2. The second kappa shape index (κ2) is 8.63. The second-order valence-corrected chi connectivity index (χ2v) is 8.32. The third kappa shape index (κ3) is 3.93. The van der Waals surface area contributed by atoms with Crippen molar-refractivity contribution < 1.29 is 4.39 Å². The molecular weight excluding hydrogens is 419 g/mol. The lowest BCUT2D eigenvalue weighted by atomic mass is 10.0. The molecule has 0 bridgehead atoms. The first kappa shape index (κ1) is 21.1. The van der Waals surface area contributed by atoms with Crippen LogP contribution in [0.25, 0.3) is 28.2 Å². The summed E-state index contributed by atoms with van der Waals surface area (Å²) >= 11 is 0. The van der Waals surface area contributed by atoms with Gasteiger partial charge in [0.15, 0.2) is 0 Å². The molecule has 1 aliphatic heterocycles. The molecular formula is C25H25FN6O. The highest BCUT2D eigenvalue weighted by molar-refractivity contribution is 5.87. The highest BCUT2D eigenvalue weighted by atomic mass is 19.1. The number of anilines is 1. The van der Waals surface area contributed by atoms with Gasteiger partial charge in [-0.25, -0.2) is 9.07 Å². The van der Waals surface area contributed by atoms with Gasteiger partial charge < -0.3 is 10.6 Å². The predicted molar refractivity (Wildman–Crippen MR) is 127 cm³/mol. The summed E-state index contributed by atoms with van der Waals surface area (Å²) in [6, 6.07) is 17.2. The molecule has 168 valence electrons. The Morgan fingerprint density at radius 2 is 1.88 bits per heavy atom. The van der Waals surface area contributed by atoms with Crippen molar-refractivity contribution in [2.75, 3.05) is 25.5 Å². The summed E-state index contributed by atoms with van der Waals surface area (Å²) in [5.74, 6) is 0.928. The summed E-state index contributed by atoms with van der Waals surface area (Å²) in [5.41, 5.74) is 4.38. The van der Waals surface area contributed by atoms with Gasteiger partial charge in [0.2, 0.25) is 0 Å². The van der Waals surface area contributed by atoms with Gasteiger partial charge in [-0.1, -0.05) is 18.2 Å². The number of nitrogens with zero attached hydrogens (tertiary/aromatic N) is 4. The minimum Gasteiger partial charge on any atom is -0.369 e. The maximum atomic E-state index is 13.6. The zero-order valence-corrected chi connectivity index (χ0v) is 18.5. The topological polar surface area (TPSA) is 76.8 Å². The summed E-state index contributed by atoms with van der Waals surface area (Å²) in [7, 11) is 1.94. The zero-order valence-electron chi connectivity index (χ0n) is 18.5. The van der Waals surface area contributed by atoms with E-state index >= 15 is 0 Å². The summed E-state index contributed by atoms with van der Waals surface area (Å²) in [5, 5.41) is 16.3. The number of benzene rings is 2. The van der Waals surface area contributed by atoms with Crippen LogP contribution in [0.1, 0.15) is 5.56 Å². The molecule has 1 aliphatic rings. The molecule has 2 N–H and O–H groups in total. The van der Waals surface area contributed by atoms with E-state index in [1.165, 1.54) is 22.9 Å². The molecule has 33 heavy (non-hydrogen) atoms. The Balaban J connectivity index is 1.69. The highest BCUT2D eigenvalue weighted by Gasteiger charge is 2.27. The first-order valence-corrected chi connectivity index (χ1v) is 11.0. The third-order valence-electron chi connectivity index (χ3n) is 5.95. The molecule has 7 nitrogen and oxygen atoms in total. The van der Waals surface area contributed by atoms with E-state index in [1.807, 2.05) is 42.9 Å². The molecule has 2 aromatic heterocycles. The van der Waals surface area contributed by atoms with Crippen LogP contribution in [0.5, 0.6) is 0 Å². The van der Waals surface area contributed by atoms with Crippen molar-refractivity contribution in [1.82, 2.24) is 24.9 Å². The molecule has 0 saturated heterocycles. The van der Waals surface area contributed by atoms with Crippen LogP contribution in [0.2, 0.25) is 0 Å². The second-order valence-electron chi connectivity index (χ2n) is 8.32. The Labute approximate surface area is 190 Å². The predicted octanol–water partition coefficient (Wildman–Crippen LogP) is 3.47. The molecule has 4 aromatic rings. The fraction of sp³-hybridized carbons (Fsp3) is 0.240. The number of para-hydroxylation sites is 1. The molecule has 1 atom stereocenters. The molecule has 0 aliphatic carbocycles. The van der Waals surface area contributed by atoms with Crippen molar-refractivity contribution in [3.05, 3.63) is 82.4 Å². The third-order valence-corrected chi connectivity index (χ3v) is 5.95. The summed E-state index contributed by atoms with van der Waals surface area (Å²) < 4.78 is 17.0. The van der Waals surface area contributed by atoms with E-state index in [1.54, 1.807) is 18.2 Å². The minimum absolute atomic E-state index is 0.209. The van der Waals surface area contributed by atoms with E-state index in [4.69, 9.17) is 10.2 Å². The zero-order chi connectivity index (χ0) is 22.9. The van der Waals surface area contributed by atoms with E-state index in [9.17, 15) is 9.18 Å². The van der Waals surface area contributed by atoms with Crippen LogP contribution in [-0.2, 0) is 6.54 Å². The van der Waals surface area contributed by atoms with Crippen molar-refractivity contribution in [3.8, 4) is 28.2 Å². The molecule has 0 radical (unpaired) electrons. The fourth-order valence-corrected chi connectivity index (χ4v) is 4.32. The van der Waals surface area contributed by atoms with Gasteiger partial charge in [-0.05, 0) is 55.9 Å². The number of aryl methyl sites for hydroxylation is 1. The van der Waals surface area contributed by atoms with E-state index in [2.05, 4.69) is 10.6 Å². The van der Waals surface area contributed by atoms with Crippen LogP contribution in [0.4, 0.5) is 10.2 Å². The Morgan fingerprint density at radius 1 is 1.09 bits per heavy atom. The Kier molecular flexibility index (Phi) is 5.51. The van der Waals surface area contributed by atoms with Gasteiger partial charge in [0.25, 0.3) is 5.56 Å². The maximum absolute atomic E-state index is 13.6. The van der Waals surface area contributed by atoms with Gasteiger partial charge in [-0.2, -0.15) is 14.9 Å². The van der Waals surface area contributed by atoms with Crippen LogP contribution in [0, 0.1) is 18.7 Å². The molecule has 0 spiro atoms. The van der Waals surface area contributed by atoms with Crippen LogP contribution in [0.3, 0.4) is 0 Å².